The predicted molar refractivity (Wildman–Crippen MR) is 59.5 cm³/mol. The van der Waals surface area contributed by atoms with E-state index in [0.29, 0.717) is 11.4 Å². The SMILES string of the molecule is Fc1cc(Cl)cc(Cc2cc[c]cc2)c1. The van der Waals surface area contributed by atoms with E-state index >= 15 is 0 Å². The summed E-state index contributed by atoms with van der Waals surface area (Å²) in [5.74, 6) is -0.292. The molecule has 2 heteroatoms. The van der Waals surface area contributed by atoms with Crippen molar-refractivity contribution in [2.24, 2.45) is 0 Å². The van der Waals surface area contributed by atoms with E-state index < -0.39 is 0 Å². The zero-order valence-electron chi connectivity index (χ0n) is 8.00. The summed E-state index contributed by atoms with van der Waals surface area (Å²) in [6.07, 6.45) is 0.687. The van der Waals surface area contributed by atoms with Crippen LogP contribution in [0.2, 0.25) is 5.02 Å². The Morgan fingerprint density at radius 1 is 1.07 bits per heavy atom. The second kappa shape index (κ2) is 4.45. The smallest absolute Gasteiger partial charge is 0.124 e. The third kappa shape index (κ3) is 2.80. The monoisotopic (exact) mass is 219 g/mol. The molecular formula is C13H9ClF. The number of rotatable bonds is 2. The van der Waals surface area contributed by atoms with E-state index in [-0.39, 0.29) is 5.82 Å². The Morgan fingerprint density at radius 2 is 1.80 bits per heavy atom. The zero-order valence-corrected chi connectivity index (χ0v) is 8.76. The van der Waals surface area contributed by atoms with Gasteiger partial charge in [0.05, 0.1) is 0 Å². The molecule has 1 radical (unpaired) electrons. The highest BCUT2D eigenvalue weighted by Crippen LogP contribution is 2.16. The molecule has 0 saturated carbocycles. The molecule has 0 nitrogen and oxygen atoms in total. The van der Waals surface area contributed by atoms with Gasteiger partial charge in [0.2, 0.25) is 0 Å². The van der Waals surface area contributed by atoms with Crippen molar-refractivity contribution < 1.29 is 4.39 Å². The van der Waals surface area contributed by atoms with Crippen LogP contribution in [0.15, 0.2) is 42.5 Å². The van der Waals surface area contributed by atoms with Crippen LogP contribution in [0.3, 0.4) is 0 Å². The summed E-state index contributed by atoms with van der Waals surface area (Å²) in [7, 11) is 0. The van der Waals surface area contributed by atoms with E-state index in [1.807, 2.05) is 24.3 Å². The van der Waals surface area contributed by atoms with Crippen molar-refractivity contribution >= 4 is 11.6 Å². The maximum Gasteiger partial charge on any atom is 0.124 e. The lowest BCUT2D eigenvalue weighted by molar-refractivity contribution is 0.626. The predicted octanol–water partition coefficient (Wildman–Crippen LogP) is 3.87. The number of halogens is 2. The average molecular weight is 220 g/mol. The highest BCUT2D eigenvalue weighted by molar-refractivity contribution is 6.30. The summed E-state index contributed by atoms with van der Waals surface area (Å²) in [6.45, 7) is 0. The Morgan fingerprint density at radius 3 is 2.47 bits per heavy atom. The molecule has 2 rings (SSSR count). The van der Waals surface area contributed by atoms with E-state index in [4.69, 9.17) is 11.6 Å². The van der Waals surface area contributed by atoms with Crippen LogP contribution in [-0.2, 0) is 6.42 Å². The molecule has 0 heterocycles. The minimum absolute atomic E-state index is 0.292. The molecule has 0 bridgehead atoms. The summed E-state index contributed by atoms with van der Waals surface area (Å²) >= 11 is 5.77. The van der Waals surface area contributed by atoms with Crippen LogP contribution in [0, 0.1) is 11.9 Å². The van der Waals surface area contributed by atoms with Gasteiger partial charge in [-0.1, -0.05) is 35.9 Å². The van der Waals surface area contributed by atoms with E-state index in [1.54, 1.807) is 6.07 Å². The molecule has 0 saturated heterocycles. The van der Waals surface area contributed by atoms with Crippen molar-refractivity contribution in [1.82, 2.24) is 0 Å². The van der Waals surface area contributed by atoms with Crippen molar-refractivity contribution in [3.8, 4) is 0 Å². The molecule has 0 aromatic heterocycles. The number of benzene rings is 2. The summed E-state index contributed by atoms with van der Waals surface area (Å²) in [5, 5.41) is 0.437. The first-order valence-corrected chi connectivity index (χ1v) is 5.02. The second-order valence-electron chi connectivity index (χ2n) is 3.36. The van der Waals surface area contributed by atoms with Crippen LogP contribution in [0.1, 0.15) is 11.1 Å². The van der Waals surface area contributed by atoms with E-state index in [9.17, 15) is 4.39 Å². The van der Waals surface area contributed by atoms with E-state index in [2.05, 4.69) is 6.07 Å². The van der Waals surface area contributed by atoms with Gasteiger partial charge < -0.3 is 0 Å². The topological polar surface area (TPSA) is 0 Å². The van der Waals surface area contributed by atoms with Crippen LogP contribution >= 0.6 is 11.6 Å². The Kier molecular flexibility index (Phi) is 3.02. The van der Waals surface area contributed by atoms with Crippen LogP contribution in [0.5, 0.6) is 0 Å². The van der Waals surface area contributed by atoms with E-state index in [1.165, 1.54) is 12.1 Å². The minimum atomic E-state index is -0.292. The van der Waals surface area contributed by atoms with Crippen molar-refractivity contribution in [2.75, 3.05) is 0 Å². The molecule has 0 aliphatic heterocycles. The average Bonchev–Trinajstić information content (AvgIpc) is 2.17. The van der Waals surface area contributed by atoms with Gasteiger partial charge in [-0.15, -0.1) is 0 Å². The fourth-order valence-corrected chi connectivity index (χ4v) is 1.73. The molecule has 0 aliphatic carbocycles. The normalized spacial score (nSPS) is 10.3. The van der Waals surface area contributed by atoms with Gasteiger partial charge in [-0.25, -0.2) is 4.39 Å². The maximum absolute atomic E-state index is 13.0. The van der Waals surface area contributed by atoms with Gasteiger partial charge in [0.1, 0.15) is 5.82 Å². The van der Waals surface area contributed by atoms with Crippen molar-refractivity contribution in [3.63, 3.8) is 0 Å². The fourth-order valence-electron chi connectivity index (χ4n) is 1.49. The second-order valence-corrected chi connectivity index (χ2v) is 3.80. The Hall–Kier alpha value is -1.34. The molecule has 0 N–H and O–H groups in total. The van der Waals surface area contributed by atoms with Crippen molar-refractivity contribution in [3.05, 3.63) is 70.5 Å². The zero-order chi connectivity index (χ0) is 10.7. The fraction of sp³-hybridized carbons (Fsp3) is 0.0769. The lowest BCUT2D eigenvalue weighted by Gasteiger charge is -2.02. The first-order chi connectivity index (χ1) is 7.24. The molecule has 0 amide bonds. The molecule has 0 atom stereocenters. The van der Waals surface area contributed by atoms with E-state index in [0.717, 1.165) is 11.1 Å². The molecule has 75 valence electrons. The van der Waals surface area contributed by atoms with Gasteiger partial charge in [-0.05, 0) is 41.8 Å². The highest BCUT2D eigenvalue weighted by Gasteiger charge is 2.00. The quantitative estimate of drug-likeness (QED) is 0.719. The standard InChI is InChI=1S/C13H9ClF/c14-12-7-11(8-13(15)9-12)6-10-4-2-1-3-5-10/h2-5,7-9H,6H2. The summed E-state index contributed by atoms with van der Waals surface area (Å²) in [6, 6.07) is 15.1. The third-order valence-corrected chi connectivity index (χ3v) is 2.34. The van der Waals surface area contributed by atoms with Crippen LogP contribution in [-0.4, -0.2) is 0 Å². The van der Waals surface area contributed by atoms with Gasteiger partial charge in [-0.2, -0.15) is 0 Å². The van der Waals surface area contributed by atoms with Gasteiger partial charge in [-0.3, -0.25) is 0 Å². The number of hydrogen-bond donors (Lipinski definition) is 0. The lowest BCUT2D eigenvalue weighted by Crippen LogP contribution is -1.89. The Bertz CT molecular complexity index is 431. The van der Waals surface area contributed by atoms with Crippen LogP contribution < -0.4 is 0 Å². The summed E-state index contributed by atoms with van der Waals surface area (Å²) in [5.41, 5.74) is 2.00. The molecule has 0 fully saturated rings. The van der Waals surface area contributed by atoms with Crippen molar-refractivity contribution in [1.29, 1.82) is 0 Å². The highest BCUT2D eigenvalue weighted by atomic mass is 35.5. The molecular weight excluding hydrogens is 211 g/mol. The molecule has 0 aliphatic rings. The number of hydrogen-bond acceptors (Lipinski definition) is 0. The van der Waals surface area contributed by atoms with Crippen molar-refractivity contribution in [2.45, 2.75) is 6.42 Å². The first-order valence-electron chi connectivity index (χ1n) is 4.64. The van der Waals surface area contributed by atoms with Crippen LogP contribution in [0.25, 0.3) is 0 Å². The Balaban J connectivity index is 2.25. The first kappa shape index (κ1) is 10.2. The van der Waals surface area contributed by atoms with Gasteiger partial charge in [0, 0.05) is 5.02 Å². The summed E-state index contributed by atoms with van der Waals surface area (Å²) < 4.78 is 13.0. The van der Waals surface area contributed by atoms with Gasteiger partial charge in [0.15, 0.2) is 0 Å². The largest absolute Gasteiger partial charge is 0.207 e. The molecule has 0 spiro atoms. The van der Waals surface area contributed by atoms with Crippen LogP contribution in [0.4, 0.5) is 4.39 Å². The van der Waals surface area contributed by atoms with Gasteiger partial charge in [0.25, 0.3) is 0 Å². The maximum atomic E-state index is 13.0. The van der Waals surface area contributed by atoms with Gasteiger partial charge >= 0.3 is 0 Å². The molecule has 2 aromatic rings. The Labute approximate surface area is 93.3 Å². The molecule has 0 unspecified atom stereocenters. The molecule has 15 heavy (non-hydrogen) atoms. The molecule has 2 aromatic carbocycles. The minimum Gasteiger partial charge on any atom is -0.207 e. The summed E-state index contributed by atoms with van der Waals surface area (Å²) in [4.78, 5) is 0. The third-order valence-electron chi connectivity index (χ3n) is 2.12. The lowest BCUT2D eigenvalue weighted by atomic mass is 10.1.